The van der Waals surface area contributed by atoms with Crippen LogP contribution >= 0.6 is 15.9 Å². The second-order valence-electron chi connectivity index (χ2n) is 8.74. The zero-order valence-corrected chi connectivity index (χ0v) is 20.0. The van der Waals surface area contributed by atoms with E-state index in [1.54, 1.807) is 7.11 Å². The molecular weight excluding hydrogens is 464 g/mol. The summed E-state index contributed by atoms with van der Waals surface area (Å²) in [4.78, 5) is 18.0. The highest BCUT2D eigenvalue weighted by molar-refractivity contribution is 9.10. The highest BCUT2D eigenvalue weighted by Gasteiger charge is 2.40. The van der Waals surface area contributed by atoms with E-state index in [0.717, 1.165) is 38.3 Å². The Morgan fingerprint density at radius 1 is 1.09 bits per heavy atom. The zero-order valence-electron chi connectivity index (χ0n) is 18.4. The van der Waals surface area contributed by atoms with Crippen LogP contribution in [0.5, 0.6) is 5.75 Å². The molecule has 0 N–H and O–H groups in total. The number of amides is 1. The Bertz CT molecular complexity index is 1130. The first-order valence-electron chi connectivity index (χ1n) is 11.1. The van der Waals surface area contributed by atoms with Gasteiger partial charge < -0.3 is 14.5 Å². The number of ether oxygens (including phenoxy) is 1. The summed E-state index contributed by atoms with van der Waals surface area (Å²) in [6.45, 7) is 3.54. The van der Waals surface area contributed by atoms with Crippen LogP contribution in [0.4, 0.5) is 11.4 Å². The van der Waals surface area contributed by atoms with Crippen LogP contribution in [-0.4, -0.2) is 24.0 Å². The minimum atomic E-state index is 0.151. The monoisotopic (exact) mass is 490 g/mol. The first kappa shape index (κ1) is 21.1. The minimum Gasteiger partial charge on any atom is -0.497 e. The van der Waals surface area contributed by atoms with Crippen molar-refractivity contribution in [1.82, 2.24) is 4.90 Å². The van der Waals surface area contributed by atoms with Gasteiger partial charge in [0.25, 0.3) is 5.91 Å². The second kappa shape index (κ2) is 8.62. The maximum absolute atomic E-state index is 13.6. The third kappa shape index (κ3) is 4.02. The third-order valence-electron chi connectivity index (χ3n) is 6.63. The highest BCUT2D eigenvalue weighted by Crippen LogP contribution is 2.43. The fourth-order valence-corrected chi connectivity index (χ4v) is 5.12. The van der Waals surface area contributed by atoms with E-state index in [9.17, 15) is 4.79 Å². The van der Waals surface area contributed by atoms with E-state index in [-0.39, 0.29) is 11.9 Å². The Morgan fingerprint density at radius 2 is 1.81 bits per heavy atom. The Labute approximate surface area is 197 Å². The SMILES string of the molecule is COc1ccc(CN(c2ccccc2)c2cc(Br)cc3c2C(=O)N([C@@H](C)C2CC2)C3)cc1. The molecule has 1 aliphatic carbocycles. The molecule has 164 valence electrons. The van der Waals surface area contributed by atoms with Gasteiger partial charge in [0.1, 0.15) is 5.75 Å². The molecule has 0 saturated heterocycles. The molecule has 32 heavy (non-hydrogen) atoms. The Hall–Kier alpha value is -2.79. The van der Waals surface area contributed by atoms with Crippen molar-refractivity contribution in [3.05, 3.63) is 87.9 Å². The average Bonchev–Trinajstić information content (AvgIpc) is 3.61. The lowest BCUT2D eigenvalue weighted by Crippen LogP contribution is -2.35. The predicted molar refractivity (Wildman–Crippen MR) is 131 cm³/mol. The van der Waals surface area contributed by atoms with Crippen molar-refractivity contribution in [3.8, 4) is 5.75 Å². The van der Waals surface area contributed by atoms with Crippen LogP contribution in [0.2, 0.25) is 0 Å². The molecule has 0 unspecified atom stereocenters. The molecule has 4 nitrogen and oxygen atoms in total. The molecule has 0 aromatic heterocycles. The molecular formula is C27H27BrN2O2. The molecule has 0 spiro atoms. The third-order valence-corrected chi connectivity index (χ3v) is 7.09. The molecule has 1 fully saturated rings. The molecule has 0 bridgehead atoms. The molecule has 1 amide bonds. The summed E-state index contributed by atoms with van der Waals surface area (Å²) in [7, 11) is 1.68. The molecule has 0 radical (unpaired) electrons. The van der Waals surface area contributed by atoms with Crippen molar-refractivity contribution in [3.63, 3.8) is 0 Å². The van der Waals surface area contributed by atoms with E-state index in [1.165, 1.54) is 12.8 Å². The van der Waals surface area contributed by atoms with Crippen molar-refractivity contribution in [1.29, 1.82) is 0 Å². The lowest BCUT2D eigenvalue weighted by Gasteiger charge is -2.28. The van der Waals surface area contributed by atoms with Gasteiger partial charge in [-0.25, -0.2) is 0 Å². The van der Waals surface area contributed by atoms with Crippen LogP contribution in [0.3, 0.4) is 0 Å². The standard InChI is InChI=1S/C27H27BrN2O2/c1-18(20-10-11-20)29-17-21-14-22(28)15-25(26(21)27(29)31)30(23-6-4-3-5-7-23)16-19-8-12-24(32-2)13-9-19/h3-9,12-15,18,20H,10-11,16-17H2,1-2H3/t18-/m0/s1. The summed E-state index contributed by atoms with van der Waals surface area (Å²) >= 11 is 3.71. The number of methoxy groups -OCH3 is 1. The van der Waals surface area contributed by atoms with Crippen LogP contribution in [0.1, 0.15) is 41.3 Å². The Balaban J connectivity index is 1.57. The first-order chi connectivity index (χ1) is 15.5. The Kier molecular flexibility index (Phi) is 5.68. The van der Waals surface area contributed by atoms with Gasteiger partial charge in [0.2, 0.25) is 0 Å². The quantitative estimate of drug-likeness (QED) is 0.376. The smallest absolute Gasteiger partial charge is 0.256 e. The van der Waals surface area contributed by atoms with Crippen molar-refractivity contribution in [2.24, 2.45) is 5.92 Å². The molecule has 1 heterocycles. The molecule has 1 atom stereocenters. The lowest BCUT2D eigenvalue weighted by molar-refractivity contribution is 0.0698. The zero-order chi connectivity index (χ0) is 22.2. The lowest BCUT2D eigenvalue weighted by atomic mass is 10.0. The molecule has 3 aromatic rings. The maximum Gasteiger partial charge on any atom is 0.256 e. The van der Waals surface area contributed by atoms with Gasteiger partial charge in [-0.1, -0.05) is 46.3 Å². The normalized spacial score (nSPS) is 16.1. The predicted octanol–water partition coefficient (Wildman–Crippen LogP) is 6.55. The second-order valence-corrected chi connectivity index (χ2v) is 9.66. The minimum absolute atomic E-state index is 0.151. The number of benzene rings is 3. The van der Waals surface area contributed by atoms with Gasteiger partial charge in [-0.3, -0.25) is 4.79 Å². The largest absolute Gasteiger partial charge is 0.497 e. The van der Waals surface area contributed by atoms with Crippen LogP contribution in [0, 0.1) is 5.92 Å². The van der Waals surface area contributed by atoms with E-state index in [2.05, 4.69) is 69.1 Å². The van der Waals surface area contributed by atoms with Crippen LogP contribution in [0.15, 0.2) is 71.2 Å². The Morgan fingerprint density at radius 3 is 2.47 bits per heavy atom. The topological polar surface area (TPSA) is 32.8 Å². The molecule has 1 saturated carbocycles. The summed E-state index contributed by atoms with van der Waals surface area (Å²) in [6, 6.07) is 22.9. The number of carbonyl (C=O) groups is 1. The number of halogens is 1. The number of hydrogen-bond acceptors (Lipinski definition) is 3. The number of rotatable bonds is 7. The average molecular weight is 491 g/mol. The van der Waals surface area contributed by atoms with Crippen LogP contribution in [-0.2, 0) is 13.1 Å². The summed E-state index contributed by atoms with van der Waals surface area (Å²) in [5.74, 6) is 1.63. The van der Waals surface area contributed by atoms with E-state index in [1.807, 2.05) is 30.3 Å². The number of carbonyl (C=O) groups excluding carboxylic acids is 1. The van der Waals surface area contributed by atoms with Gasteiger partial charge in [-0.2, -0.15) is 0 Å². The molecule has 1 aliphatic heterocycles. The van der Waals surface area contributed by atoms with Gasteiger partial charge >= 0.3 is 0 Å². The van der Waals surface area contributed by atoms with Crippen molar-refractivity contribution in [2.45, 2.75) is 38.9 Å². The summed E-state index contributed by atoms with van der Waals surface area (Å²) in [5.41, 5.74) is 5.09. The number of anilines is 2. The van der Waals surface area contributed by atoms with Crippen LogP contribution in [0.25, 0.3) is 0 Å². The van der Waals surface area contributed by atoms with Crippen molar-refractivity contribution < 1.29 is 9.53 Å². The van der Waals surface area contributed by atoms with Gasteiger partial charge in [0, 0.05) is 29.3 Å². The van der Waals surface area contributed by atoms with Gasteiger partial charge in [0.15, 0.2) is 0 Å². The maximum atomic E-state index is 13.6. The molecule has 5 heteroatoms. The highest BCUT2D eigenvalue weighted by atomic mass is 79.9. The molecule has 3 aromatic carbocycles. The van der Waals surface area contributed by atoms with Gasteiger partial charge in [0.05, 0.1) is 18.4 Å². The van der Waals surface area contributed by atoms with E-state index in [0.29, 0.717) is 19.0 Å². The number of para-hydroxylation sites is 1. The molecule has 5 rings (SSSR count). The first-order valence-corrected chi connectivity index (χ1v) is 11.9. The number of nitrogens with zero attached hydrogens (tertiary/aromatic N) is 2. The summed E-state index contributed by atoms with van der Waals surface area (Å²) in [5, 5.41) is 0. The number of hydrogen-bond donors (Lipinski definition) is 0. The van der Waals surface area contributed by atoms with E-state index < -0.39 is 0 Å². The number of fused-ring (bicyclic) bond motifs is 1. The fourth-order valence-electron chi connectivity index (χ4n) is 4.63. The van der Waals surface area contributed by atoms with Crippen LogP contribution < -0.4 is 9.64 Å². The molecule has 2 aliphatic rings. The van der Waals surface area contributed by atoms with E-state index in [4.69, 9.17) is 4.74 Å². The van der Waals surface area contributed by atoms with Gasteiger partial charge in [-0.05, 0) is 73.2 Å². The van der Waals surface area contributed by atoms with Crippen molar-refractivity contribution >= 4 is 33.2 Å². The fraction of sp³-hybridized carbons (Fsp3) is 0.296. The summed E-state index contributed by atoms with van der Waals surface area (Å²) in [6.07, 6.45) is 2.46. The van der Waals surface area contributed by atoms with Crippen molar-refractivity contribution in [2.75, 3.05) is 12.0 Å². The van der Waals surface area contributed by atoms with E-state index >= 15 is 0 Å². The summed E-state index contributed by atoms with van der Waals surface area (Å²) < 4.78 is 6.32. The van der Waals surface area contributed by atoms with Gasteiger partial charge in [-0.15, -0.1) is 0 Å².